The fourth-order valence-corrected chi connectivity index (χ4v) is 3.23. The molecule has 0 radical (unpaired) electrons. The van der Waals surface area contributed by atoms with Crippen LogP contribution in [0, 0.1) is 5.82 Å². The molecule has 1 heterocycles. The molecule has 1 aromatic heterocycles. The maximum Gasteiger partial charge on any atom is 0.335 e. The first-order chi connectivity index (χ1) is 14.5. The molecular weight excluding hydrogens is 385 g/mol. The third kappa shape index (κ3) is 4.05. The first-order valence-corrected chi connectivity index (χ1v) is 9.32. The van der Waals surface area contributed by atoms with E-state index in [0.717, 1.165) is 16.5 Å². The molecule has 0 saturated heterocycles. The van der Waals surface area contributed by atoms with Gasteiger partial charge in [-0.05, 0) is 41.5 Å². The van der Waals surface area contributed by atoms with Gasteiger partial charge in [0, 0.05) is 11.9 Å². The lowest BCUT2D eigenvalue weighted by Gasteiger charge is -2.10. The second-order valence-corrected chi connectivity index (χ2v) is 6.83. The number of fused-ring (bicyclic) bond motifs is 1. The average molecular weight is 403 g/mol. The highest BCUT2D eigenvalue weighted by Crippen LogP contribution is 2.20. The van der Waals surface area contributed by atoms with Gasteiger partial charge in [0.05, 0.1) is 17.6 Å². The summed E-state index contributed by atoms with van der Waals surface area (Å²) in [6.45, 7) is 0.569. The lowest BCUT2D eigenvalue weighted by atomic mass is 10.1. The van der Waals surface area contributed by atoms with E-state index >= 15 is 0 Å². The minimum absolute atomic E-state index is 0.188. The second-order valence-electron chi connectivity index (χ2n) is 6.83. The van der Waals surface area contributed by atoms with Crippen LogP contribution in [0.5, 0.6) is 0 Å². The summed E-state index contributed by atoms with van der Waals surface area (Å²) < 4.78 is 14.8. The van der Waals surface area contributed by atoms with Gasteiger partial charge in [0.15, 0.2) is 0 Å². The summed E-state index contributed by atoms with van der Waals surface area (Å²) in [7, 11) is 0. The Morgan fingerprint density at radius 1 is 0.933 bits per heavy atom. The number of nitrogens with zero attached hydrogens (tertiary/aromatic N) is 2. The molecule has 0 aliphatic carbocycles. The molecule has 7 heteroatoms. The summed E-state index contributed by atoms with van der Waals surface area (Å²) in [6.07, 6.45) is 0. The fourth-order valence-electron chi connectivity index (χ4n) is 3.23. The average Bonchev–Trinajstić information content (AvgIpc) is 3.12. The van der Waals surface area contributed by atoms with Crippen LogP contribution in [0.15, 0.2) is 72.8 Å². The van der Waals surface area contributed by atoms with Crippen LogP contribution in [0.2, 0.25) is 0 Å². The van der Waals surface area contributed by atoms with E-state index in [1.165, 1.54) is 24.3 Å². The first kappa shape index (κ1) is 19.3. The molecule has 0 atom stereocenters. The van der Waals surface area contributed by atoms with E-state index in [1.54, 1.807) is 28.9 Å². The minimum atomic E-state index is -0.998. The highest BCUT2D eigenvalue weighted by molar-refractivity contribution is 6.05. The van der Waals surface area contributed by atoms with Gasteiger partial charge in [0.2, 0.25) is 0 Å². The van der Waals surface area contributed by atoms with Gasteiger partial charge in [0.25, 0.3) is 5.91 Å². The van der Waals surface area contributed by atoms with E-state index in [1.807, 2.05) is 24.3 Å². The van der Waals surface area contributed by atoms with Crippen molar-refractivity contribution in [1.29, 1.82) is 0 Å². The molecule has 150 valence electrons. The number of halogens is 1. The molecule has 0 aliphatic rings. The number of amides is 1. The number of carbonyl (C=O) groups excluding carboxylic acids is 1. The number of hydrogen-bond acceptors (Lipinski definition) is 3. The lowest BCUT2D eigenvalue weighted by Crippen LogP contribution is -2.26. The number of hydrogen-bond donors (Lipinski definition) is 2. The van der Waals surface area contributed by atoms with Crippen LogP contribution in [0.4, 0.5) is 4.39 Å². The van der Waals surface area contributed by atoms with Crippen molar-refractivity contribution in [1.82, 2.24) is 15.1 Å². The fraction of sp³-hybridized carbons (Fsp3) is 0.0870. The summed E-state index contributed by atoms with van der Waals surface area (Å²) in [4.78, 5) is 24.0. The number of rotatable bonds is 6. The van der Waals surface area contributed by atoms with Crippen LogP contribution in [0.1, 0.15) is 32.0 Å². The summed E-state index contributed by atoms with van der Waals surface area (Å²) in [5, 5.41) is 17.1. The zero-order valence-corrected chi connectivity index (χ0v) is 15.9. The van der Waals surface area contributed by atoms with Crippen molar-refractivity contribution in [2.75, 3.05) is 0 Å². The first-order valence-electron chi connectivity index (χ1n) is 9.32. The van der Waals surface area contributed by atoms with Crippen molar-refractivity contribution in [2.24, 2.45) is 0 Å². The summed E-state index contributed by atoms with van der Waals surface area (Å²) >= 11 is 0. The molecule has 3 aromatic carbocycles. The van der Waals surface area contributed by atoms with Crippen LogP contribution in [-0.2, 0) is 13.1 Å². The van der Waals surface area contributed by atoms with Crippen molar-refractivity contribution in [3.8, 4) is 0 Å². The zero-order valence-electron chi connectivity index (χ0n) is 15.9. The topological polar surface area (TPSA) is 84.2 Å². The number of aromatic carboxylic acids is 1. The van der Waals surface area contributed by atoms with Crippen LogP contribution < -0.4 is 5.32 Å². The molecule has 1 amide bonds. The summed E-state index contributed by atoms with van der Waals surface area (Å²) in [6, 6.07) is 19.7. The van der Waals surface area contributed by atoms with Crippen molar-refractivity contribution < 1.29 is 19.1 Å². The van der Waals surface area contributed by atoms with E-state index in [0.29, 0.717) is 17.8 Å². The van der Waals surface area contributed by atoms with Gasteiger partial charge < -0.3 is 10.4 Å². The number of aromatic nitrogens is 2. The Bertz CT molecular complexity index is 1210. The Kier molecular flexibility index (Phi) is 5.26. The number of nitrogens with one attached hydrogen (secondary N) is 1. The standard InChI is InChI=1S/C23H18FN3O3/c24-18-11-7-16(8-12-18)14-27-21(19-3-1-2-4-20(19)26-27)22(28)25-13-15-5-9-17(10-6-15)23(29)30/h1-12H,13-14H2,(H,25,28)(H,29,30). The minimum Gasteiger partial charge on any atom is -0.478 e. The molecule has 0 fully saturated rings. The monoisotopic (exact) mass is 403 g/mol. The molecule has 4 rings (SSSR count). The molecule has 6 nitrogen and oxygen atoms in total. The molecule has 0 bridgehead atoms. The Balaban J connectivity index is 1.59. The van der Waals surface area contributed by atoms with Gasteiger partial charge in [-0.3, -0.25) is 9.48 Å². The molecule has 0 aliphatic heterocycles. The highest BCUT2D eigenvalue weighted by Gasteiger charge is 2.18. The molecule has 30 heavy (non-hydrogen) atoms. The zero-order chi connectivity index (χ0) is 21.1. The number of benzene rings is 3. The molecule has 2 N–H and O–H groups in total. The van der Waals surface area contributed by atoms with Crippen molar-refractivity contribution in [2.45, 2.75) is 13.1 Å². The van der Waals surface area contributed by atoms with Gasteiger partial charge in [-0.15, -0.1) is 0 Å². The SMILES string of the molecule is O=C(O)c1ccc(CNC(=O)c2c3ccccc3nn2Cc2ccc(F)cc2)cc1. The van der Waals surface area contributed by atoms with E-state index in [4.69, 9.17) is 5.11 Å². The van der Waals surface area contributed by atoms with Gasteiger partial charge in [-0.2, -0.15) is 5.10 Å². The maximum atomic E-state index is 13.2. The summed E-state index contributed by atoms with van der Waals surface area (Å²) in [5.41, 5.74) is 2.89. The molecule has 0 unspecified atom stereocenters. The number of carboxylic acid groups (broad SMARTS) is 1. The van der Waals surface area contributed by atoms with Crippen LogP contribution in [-0.4, -0.2) is 26.8 Å². The van der Waals surface area contributed by atoms with Crippen molar-refractivity contribution >= 4 is 22.8 Å². The van der Waals surface area contributed by atoms with Crippen molar-refractivity contribution in [3.63, 3.8) is 0 Å². The molecule has 4 aromatic rings. The normalized spacial score (nSPS) is 10.8. The van der Waals surface area contributed by atoms with Gasteiger partial charge >= 0.3 is 5.97 Å². The Morgan fingerprint density at radius 3 is 2.30 bits per heavy atom. The number of carboxylic acids is 1. The Hall–Kier alpha value is -4.00. The van der Waals surface area contributed by atoms with E-state index in [9.17, 15) is 14.0 Å². The molecule has 0 spiro atoms. The van der Waals surface area contributed by atoms with E-state index in [-0.39, 0.29) is 23.8 Å². The lowest BCUT2D eigenvalue weighted by molar-refractivity contribution is 0.0696. The Labute approximate surface area is 171 Å². The predicted octanol–water partition coefficient (Wildman–Crippen LogP) is 3.85. The Morgan fingerprint density at radius 2 is 1.60 bits per heavy atom. The molecule has 0 saturated carbocycles. The smallest absolute Gasteiger partial charge is 0.335 e. The number of carbonyl (C=O) groups is 2. The van der Waals surface area contributed by atoms with E-state index in [2.05, 4.69) is 10.4 Å². The third-order valence-electron chi connectivity index (χ3n) is 4.76. The van der Waals surface area contributed by atoms with Gasteiger partial charge in [-0.25, -0.2) is 9.18 Å². The van der Waals surface area contributed by atoms with Gasteiger partial charge in [0.1, 0.15) is 11.5 Å². The predicted molar refractivity (Wildman–Crippen MR) is 110 cm³/mol. The van der Waals surface area contributed by atoms with Crippen LogP contribution in [0.3, 0.4) is 0 Å². The highest BCUT2D eigenvalue weighted by atomic mass is 19.1. The van der Waals surface area contributed by atoms with E-state index < -0.39 is 5.97 Å². The summed E-state index contributed by atoms with van der Waals surface area (Å²) in [5.74, 6) is -1.62. The van der Waals surface area contributed by atoms with Crippen LogP contribution >= 0.6 is 0 Å². The van der Waals surface area contributed by atoms with Crippen molar-refractivity contribution in [3.05, 3.63) is 101 Å². The third-order valence-corrected chi connectivity index (χ3v) is 4.76. The quantitative estimate of drug-likeness (QED) is 0.512. The van der Waals surface area contributed by atoms with Gasteiger partial charge in [-0.1, -0.05) is 42.5 Å². The second kappa shape index (κ2) is 8.16. The van der Waals surface area contributed by atoms with Crippen LogP contribution in [0.25, 0.3) is 10.9 Å². The molecular formula is C23H18FN3O3. The largest absolute Gasteiger partial charge is 0.478 e. The maximum absolute atomic E-state index is 13.2.